The van der Waals surface area contributed by atoms with E-state index in [4.69, 9.17) is 4.42 Å². The molecular formula is C15H18BrFIN3O. The van der Waals surface area contributed by atoms with Gasteiger partial charge in [-0.1, -0.05) is 15.9 Å². The highest BCUT2D eigenvalue weighted by Crippen LogP contribution is 2.16. The summed E-state index contributed by atoms with van der Waals surface area (Å²) < 4.78 is 19.8. The zero-order valence-electron chi connectivity index (χ0n) is 12.1. The van der Waals surface area contributed by atoms with E-state index in [9.17, 15) is 4.39 Å². The lowest BCUT2D eigenvalue weighted by Crippen LogP contribution is -2.36. The predicted molar refractivity (Wildman–Crippen MR) is 99.9 cm³/mol. The Morgan fingerprint density at radius 3 is 2.82 bits per heavy atom. The molecule has 0 bridgehead atoms. The summed E-state index contributed by atoms with van der Waals surface area (Å²) >= 11 is 3.33. The Hall–Kier alpha value is -1.09. The van der Waals surface area contributed by atoms with Crippen LogP contribution in [0.15, 0.2) is 50.5 Å². The van der Waals surface area contributed by atoms with Gasteiger partial charge in [-0.25, -0.2) is 9.38 Å². The largest absolute Gasteiger partial charge is 0.467 e. The van der Waals surface area contributed by atoms with Gasteiger partial charge in [0.2, 0.25) is 0 Å². The molecular weight excluding hydrogens is 464 g/mol. The first kappa shape index (κ1) is 19.0. The molecule has 0 saturated heterocycles. The third-order valence-corrected chi connectivity index (χ3v) is 3.26. The minimum atomic E-state index is -0.260. The fraction of sp³-hybridized carbons (Fsp3) is 0.267. The van der Waals surface area contributed by atoms with Crippen LogP contribution in [0.25, 0.3) is 0 Å². The molecule has 0 unspecified atom stereocenters. The van der Waals surface area contributed by atoms with Crippen molar-refractivity contribution in [3.63, 3.8) is 0 Å². The zero-order valence-corrected chi connectivity index (χ0v) is 16.0. The minimum absolute atomic E-state index is 0. The predicted octanol–water partition coefficient (Wildman–Crippen LogP) is 4.05. The second-order valence-electron chi connectivity index (χ2n) is 4.36. The molecule has 120 valence electrons. The van der Waals surface area contributed by atoms with E-state index in [0.717, 1.165) is 16.8 Å². The van der Waals surface area contributed by atoms with E-state index in [0.29, 0.717) is 18.1 Å². The van der Waals surface area contributed by atoms with Gasteiger partial charge in [0.25, 0.3) is 0 Å². The monoisotopic (exact) mass is 481 g/mol. The number of benzene rings is 1. The maximum atomic E-state index is 13.7. The second-order valence-corrected chi connectivity index (χ2v) is 5.28. The van der Waals surface area contributed by atoms with Crippen LogP contribution < -0.4 is 10.6 Å². The summed E-state index contributed by atoms with van der Waals surface area (Å²) in [6.07, 6.45) is 1.62. The molecule has 22 heavy (non-hydrogen) atoms. The normalized spacial score (nSPS) is 11.0. The lowest BCUT2D eigenvalue weighted by molar-refractivity contribution is 0.501. The molecule has 2 N–H and O–H groups in total. The van der Waals surface area contributed by atoms with Crippen LogP contribution in [-0.4, -0.2) is 12.5 Å². The Balaban J connectivity index is 0.00000242. The van der Waals surface area contributed by atoms with E-state index in [1.165, 1.54) is 6.07 Å². The molecule has 0 aliphatic carbocycles. The van der Waals surface area contributed by atoms with Crippen LogP contribution in [0.3, 0.4) is 0 Å². The van der Waals surface area contributed by atoms with Crippen LogP contribution in [0.2, 0.25) is 0 Å². The van der Waals surface area contributed by atoms with Crippen LogP contribution in [0, 0.1) is 5.82 Å². The summed E-state index contributed by atoms with van der Waals surface area (Å²) in [7, 11) is 0. The first-order valence-electron chi connectivity index (χ1n) is 6.67. The molecule has 0 aliphatic rings. The molecule has 0 amide bonds. The number of nitrogens with zero attached hydrogens (tertiary/aromatic N) is 1. The molecule has 0 atom stereocenters. The molecule has 1 heterocycles. The highest BCUT2D eigenvalue weighted by molar-refractivity contribution is 14.0. The number of nitrogens with one attached hydrogen (secondary N) is 2. The molecule has 0 saturated carbocycles. The zero-order chi connectivity index (χ0) is 15.1. The van der Waals surface area contributed by atoms with Crippen molar-refractivity contribution in [2.45, 2.75) is 20.0 Å². The third-order valence-electron chi connectivity index (χ3n) is 2.77. The highest BCUT2D eigenvalue weighted by Gasteiger charge is 2.04. The number of guanidine groups is 1. The van der Waals surface area contributed by atoms with Gasteiger partial charge >= 0.3 is 0 Å². The van der Waals surface area contributed by atoms with Gasteiger partial charge in [0, 0.05) is 16.6 Å². The van der Waals surface area contributed by atoms with Gasteiger partial charge in [-0.05, 0) is 37.3 Å². The van der Waals surface area contributed by atoms with Gasteiger partial charge in [0.1, 0.15) is 11.6 Å². The lowest BCUT2D eigenvalue weighted by Gasteiger charge is -2.10. The number of furan rings is 1. The molecule has 0 aliphatic heterocycles. The van der Waals surface area contributed by atoms with Crippen molar-refractivity contribution in [2.24, 2.45) is 4.99 Å². The van der Waals surface area contributed by atoms with Gasteiger partial charge in [-0.3, -0.25) is 0 Å². The molecule has 7 heteroatoms. The molecule has 0 fully saturated rings. The summed E-state index contributed by atoms with van der Waals surface area (Å²) in [4.78, 5) is 4.38. The number of hydrogen-bond donors (Lipinski definition) is 2. The fourth-order valence-corrected chi connectivity index (χ4v) is 2.16. The Labute approximate surface area is 154 Å². The van der Waals surface area contributed by atoms with Crippen molar-refractivity contribution >= 4 is 45.9 Å². The van der Waals surface area contributed by atoms with Crippen LogP contribution in [0.1, 0.15) is 18.2 Å². The summed E-state index contributed by atoms with van der Waals surface area (Å²) in [6, 6.07) is 8.54. The Bertz CT molecular complexity index is 605. The minimum Gasteiger partial charge on any atom is -0.467 e. The summed E-state index contributed by atoms with van der Waals surface area (Å²) in [5.41, 5.74) is 0.541. The van der Waals surface area contributed by atoms with Crippen LogP contribution in [0.4, 0.5) is 4.39 Å². The van der Waals surface area contributed by atoms with Gasteiger partial charge in [0.15, 0.2) is 5.96 Å². The van der Waals surface area contributed by atoms with Crippen molar-refractivity contribution in [2.75, 3.05) is 6.54 Å². The first-order valence-corrected chi connectivity index (χ1v) is 7.47. The van der Waals surface area contributed by atoms with E-state index < -0.39 is 0 Å². The van der Waals surface area contributed by atoms with E-state index in [-0.39, 0.29) is 36.3 Å². The van der Waals surface area contributed by atoms with Crippen molar-refractivity contribution in [1.29, 1.82) is 0 Å². The maximum Gasteiger partial charge on any atom is 0.191 e. The lowest BCUT2D eigenvalue weighted by atomic mass is 10.2. The topological polar surface area (TPSA) is 49.6 Å². The van der Waals surface area contributed by atoms with Crippen LogP contribution in [0.5, 0.6) is 0 Å². The van der Waals surface area contributed by atoms with Crippen LogP contribution in [-0.2, 0) is 13.1 Å². The molecule has 2 rings (SSSR count). The Morgan fingerprint density at radius 2 is 2.14 bits per heavy atom. The number of rotatable bonds is 5. The smallest absolute Gasteiger partial charge is 0.191 e. The van der Waals surface area contributed by atoms with E-state index in [1.807, 2.05) is 19.1 Å². The van der Waals surface area contributed by atoms with Crippen molar-refractivity contribution < 1.29 is 8.81 Å². The molecule has 2 aromatic rings. The van der Waals surface area contributed by atoms with E-state index in [2.05, 4.69) is 31.6 Å². The van der Waals surface area contributed by atoms with Gasteiger partial charge in [-0.2, -0.15) is 0 Å². The van der Waals surface area contributed by atoms with E-state index >= 15 is 0 Å². The molecule has 4 nitrogen and oxygen atoms in total. The molecule has 1 aromatic carbocycles. The molecule has 0 spiro atoms. The summed E-state index contributed by atoms with van der Waals surface area (Å²) in [5, 5.41) is 6.25. The average molecular weight is 482 g/mol. The number of halogens is 3. The van der Waals surface area contributed by atoms with Gasteiger partial charge in [0.05, 0.1) is 19.4 Å². The Morgan fingerprint density at radius 1 is 1.32 bits per heavy atom. The average Bonchev–Trinajstić information content (AvgIpc) is 2.98. The van der Waals surface area contributed by atoms with Gasteiger partial charge in [-0.15, -0.1) is 24.0 Å². The highest BCUT2D eigenvalue weighted by atomic mass is 127. The Kier molecular flexibility index (Phi) is 8.47. The standard InChI is InChI=1S/C15H17BrFN3O.HI/c1-2-18-15(20-10-13-4-3-7-21-13)19-9-11-8-12(16)5-6-14(11)17;/h3-8H,2,9-10H2,1H3,(H2,18,19,20);1H. The van der Waals surface area contributed by atoms with Gasteiger partial charge < -0.3 is 15.1 Å². The number of hydrogen-bond acceptors (Lipinski definition) is 2. The molecule has 1 aromatic heterocycles. The van der Waals surface area contributed by atoms with Crippen molar-refractivity contribution in [3.8, 4) is 0 Å². The molecule has 0 radical (unpaired) electrons. The van der Waals surface area contributed by atoms with Crippen molar-refractivity contribution in [1.82, 2.24) is 10.6 Å². The second kappa shape index (κ2) is 9.83. The quantitative estimate of drug-likeness (QED) is 0.384. The summed E-state index contributed by atoms with van der Waals surface area (Å²) in [6.45, 7) is 3.49. The fourth-order valence-electron chi connectivity index (χ4n) is 1.75. The SMILES string of the molecule is CCNC(=NCc1cc(Br)ccc1F)NCc1ccco1.I. The van der Waals surface area contributed by atoms with E-state index in [1.54, 1.807) is 18.4 Å². The maximum absolute atomic E-state index is 13.7. The first-order chi connectivity index (χ1) is 10.2. The number of aliphatic imine (C=N–C) groups is 1. The summed E-state index contributed by atoms with van der Waals surface area (Å²) in [5.74, 6) is 1.17. The van der Waals surface area contributed by atoms with Crippen molar-refractivity contribution in [3.05, 3.63) is 58.2 Å². The third kappa shape index (κ3) is 5.96. The van der Waals surface area contributed by atoms with Crippen LogP contribution >= 0.6 is 39.9 Å².